The summed E-state index contributed by atoms with van der Waals surface area (Å²) < 4.78 is 0. The second-order valence-electron chi connectivity index (χ2n) is 8.39. The minimum absolute atomic E-state index is 0.138. The van der Waals surface area contributed by atoms with Gasteiger partial charge in [-0.1, -0.05) is 25.1 Å². The van der Waals surface area contributed by atoms with Crippen LogP contribution in [0.25, 0.3) is 21.1 Å². The van der Waals surface area contributed by atoms with Crippen LogP contribution in [0.5, 0.6) is 0 Å². The van der Waals surface area contributed by atoms with Gasteiger partial charge in [-0.25, -0.2) is 4.98 Å². The molecule has 1 N–H and O–H groups in total. The van der Waals surface area contributed by atoms with Crippen LogP contribution in [0.4, 0.5) is 11.5 Å². The molecular weight excluding hydrogens is 450 g/mol. The number of hydrogen-bond acceptors (Lipinski definition) is 7. The Kier molecular flexibility index (Phi) is 6.20. The molecule has 0 radical (unpaired) electrons. The molecule has 1 aliphatic rings. The molecule has 0 atom stereocenters. The van der Waals surface area contributed by atoms with E-state index >= 15 is 0 Å². The van der Waals surface area contributed by atoms with E-state index in [0.29, 0.717) is 4.88 Å². The predicted molar refractivity (Wildman–Crippen MR) is 136 cm³/mol. The second-order valence-corrected chi connectivity index (χ2v) is 10.3. The molecule has 33 heavy (non-hydrogen) atoms. The number of aromatic nitrogens is 3. The standard InChI is InChI=1S/C25H25N5OS2/c1-16-11-13-30(14-12-16)22-10-9-20(28-29-22)18-5-7-19(8-6-18)27-24(31)23-17(2)26-25(33-23)21-4-3-15-32-21/h3-10,15-16H,11-14H2,1-2H3,(H,27,31). The first-order chi connectivity index (χ1) is 16.1. The molecule has 3 aromatic heterocycles. The Morgan fingerprint density at radius 2 is 1.85 bits per heavy atom. The smallest absolute Gasteiger partial charge is 0.267 e. The molecule has 168 valence electrons. The van der Waals surface area contributed by atoms with Crippen LogP contribution in [0.3, 0.4) is 0 Å². The van der Waals surface area contributed by atoms with Crippen LogP contribution in [0.1, 0.15) is 35.1 Å². The summed E-state index contributed by atoms with van der Waals surface area (Å²) in [6, 6.07) is 15.8. The first-order valence-electron chi connectivity index (χ1n) is 11.1. The van der Waals surface area contributed by atoms with Gasteiger partial charge in [0, 0.05) is 24.3 Å². The Balaban J connectivity index is 1.25. The number of aryl methyl sites for hydroxylation is 1. The van der Waals surface area contributed by atoms with Gasteiger partial charge in [-0.05, 0) is 61.4 Å². The van der Waals surface area contributed by atoms with Crippen molar-refractivity contribution in [2.75, 3.05) is 23.3 Å². The number of nitrogens with one attached hydrogen (secondary N) is 1. The van der Waals surface area contributed by atoms with E-state index in [1.807, 2.05) is 60.8 Å². The van der Waals surface area contributed by atoms with Crippen LogP contribution in [0.15, 0.2) is 53.9 Å². The molecule has 1 amide bonds. The number of rotatable bonds is 5. The zero-order valence-corrected chi connectivity index (χ0v) is 20.2. The molecule has 1 saturated heterocycles. The number of piperidine rings is 1. The average Bonchev–Trinajstić information content (AvgIpc) is 3.50. The van der Waals surface area contributed by atoms with Gasteiger partial charge in [-0.15, -0.1) is 32.9 Å². The van der Waals surface area contributed by atoms with Crippen LogP contribution < -0.4 is 10.2 Å². The summed E-state index contributed by atoms with van der Waals surface area (Å²) in [5.74, 6) is 1.59. The number of thiophene rings is 1. The summed E-state index contributed by atoms with van der Waals surface area (Å²) in [6.07, 6.45) is 2.40. The summed E-state index contributed by atoms with van der Waals surface area (Å²) >= 11 is 3.05. The van der Waals surface area contributed by atoms with Gasteiger partial charge in [-0.2, -0.15) is 0 Å². The molecule has 0 spiro atoms. The molecule has 4 heterocycles. The highest BCUT2D eigenvalue weighted by Crippen LogP contribution is 2.31. The molecule has 8 heteroatoms. The largest absolute Gasteiger partial charge is 0.355 e. The van der Waals surface area contributed by atoms with Gasteiger partial charge in [-0.3, -0.25) is 4.79 Å². The van der Waals surface area contributed by atoms with Gasteiger partial charge < -0.3 is 10.2 Å². The van der Waals surface area contributed by atoms with Crippen molar-refractivity contribution >= 4 is 40.1 Å². The van der Waals surface area contributed by atoms with Crippen molar-refractivity contribution < 1.29 is 4.79 Å². The Labute approximate surface area is 201 Å². The van der Waals surface area contributed by atoms with Crippen molar-refractivity contribution in [2.24, 2.45) is 5.92 Å². The Morgan fingerprint density at radius 1 is 1.06 bits per heavy atom. The third-order valence-electron chi connectivity index (χ3n) is 5.93. The van der Waals surface area contributed by atoms with Crippen LogP contribution in [0.2, 0.25) is 0 Å². The molecule has 4 aromatic rings. The quantitative estimate of drug-likeness (QED) is 0.376. The molecule has 0 unspecified atom stereocenters. The number of amides is 1. The average molecular weight is 476 g/mol. The van der Waals surface area contributed by atoms with Gasteiger partial charge in [0.05, 0.1) is 16.3 Å². The molecule has 6 nitrogen and oxygen atoms in total. The highest BCUT2D eigenvalue weighted by molar-refractivity contribution is 7.22. The van der Waals surface area contributed by atoms with E-state index in [2.05, 4.69) is 32.3 Å². The predicted octanol–water partition coefficient (Wildman–Crippen LogP) is 6.13. The molecule has 0 aliphatic carbocycles. The molecule has 0 saturated carbocycles. The monoisotopic (exact) mass is 475 g/mol. The normalized spacial score (nSPS) is 14.4. The third kappa shape index (κ3) is 4.82. The van der Waals surface area contributed by atoms with Crippen molar-refractivity contribution in [3.63, 3.8) is 0 Å². The first kappa shape index (κ1) is 21.7. The van der Waals surface area contributed by atoms with Crippen LogP contribution in [-0.4, -0.2) is 34.2 Å². The van der Waals surface area contributed by atoms with E-state index < -0.39 is 0 Å². The highest BCUT2D eigenvalue weighted by atomic mass is 32.1. The number of carbonyl (C=O) groups excluding carboxylic acids is 1. The summed E-state index contributed by atoms with van der Waals surface area (Å²) in [4.78, 5) is 21.4. The summed E-state index contributed by atoms with van der Waals surface area (Å²) in [5.41, 5.74) is 3.27. The fourth-order valence-electron chi connectivity index (χ4n) is 3.91. The van der Waals surface area contributed by atoms with Gasteiger partial charge in [0.15, 0.2) is 5.82 Å². The van der Waals surface area contributed by atoms with Gasteiger partial charge in [0.1, 0.15) is 9.88 Å². The lowest BCUT2D eigenvalue weighted by molar-refractivity contribution is 0.103. The van der Waals surface area contributed by atoms with E-state index in [9.17, 15) is 4.79 Å². The minimum Gasteiger partial charge on any atom is -0.355 e. The lowest BCUT2D eigenvalue weighted by Gasteiger charge is -2.30. The highest BCUT2D eigenvalue weighted by Gasteiger charge is 2.18. The minimum atomic E-state index is -0.138. The molecule has 5 rings (SSSR count). The fourth-order valence-corrected chi connectivity index (χ4v) is 5.67. The molecular formula is C25H25N5OS2. The van der Waals surface area contributed by atoms with E-state index in [1.165, 1.54) is 24.2 Å². The van der Waals surface area contributed by atoms with Crippen molar-refractivity contribution in [1.82, 2.24) is 15.2 Å². The zero-order chi connectivity index (χ0) is 22.8. The van der Waals surface area contributed by atoms with Crippen molar-refractivity contribution in [3.8, 4) is 21.1 Å². The molecule has 0 bridgehead atoms. The molecule has 1 fully saturated rings. The number of carbonyl (C=O) groups is 1. The summed E-state index contributed by atoms with van der Waals surface area (Å²) in [5, 5.41) is 14.8. The topological polar surface area (TPSA) is 71.0 Å². The number of thiazole rings is 1. The Hall–Kier alpha value is -3.10. The van der Waals surface area contributed by atoms with Crippen molar-refractivity contribution in [2.45, 2.75) is 26.7 Å². The molecule has 1 aliphatic heterocycles. The van der Waals surface area contributed by atoms with Crippen LogP contribution >= 0.6 is 22.7 Å². The number of anilines is 2. The maximum absolute atomic E-state index is 12.8. The lowest BCUT2D eigenvalue weighted by Crippen LogP contribution is -2.33. The van der Waals surface area contributed by atoms with Gasteiger partial charge >= 0.3 is 0 Å². The van der Waals surface area contributed by atoms with Crippen LogP contribution in [0, 0.1) is 12.8 Å². The van der Waals surface area contributed by atoms with Crippen molar-refractivity contribution in [3.05, 3.63) is 64.5 Å². The fraction of sp³-hybridized carbons (Fsp3) is 0.280. The summed E-state index contributed by atoms with van der Waals surface area (Å²) in [6.45, 7) is 6.26. The lowest BCUT2D eigenvalue weighted by atomic mass is 9.99. The Morgan fingerprint density at radius 3 is 2.52 bits per heavy atom. The first-order valence-corrected chi connectivity index (χ1v) is 12.8. The van der Waals surface area contributed by atoms with E-state index in [4.69, 9.17) is 0 Å². The van der Waals surface area contributed by atoms with E-state index in [-0.39, 0.29) is 5.91 Å². The second kappa shape index (κ2) is 9.41. The Bertz CT molecular complexity index is 1230. The van der Waals surface area contributed by atoms with E-state index in [1.54, 1.807) is 11.3 Å². The number of benzene rings is 1. The number of hydrogen-bond donors (Lipinski definition) is 1. The van der Waals surface area contributed by atoms with E-state index in [0.717, 1.165) is 57.3 Å². The maximum Gasteiger partial charge on any atom is 0.267 e. The third-order valence-corrected chi connectivity index (χ3v) is 8.13. The SMILES string of the molecule is Cc1nc(-c2cccs2)sc1C(=O)Nc1ccc(-c2ccc(N3CCC(C)CC3)nn2)cc1. The van der Waals surface area contributed by atoms with Gasteiger partial charge in [0.2, 0.25) is 0 Å². The maximum atomic E-state index is 12.8. The van der Waals surface area contributed by atoms with Gasteiger partial charge in [0.25, 0.3) is 5.91 Å². The number of nitrogens with zero attached hydrogens (tertiary/aromatic N) is 4. The molecule has 1 aromatic carbocycles. The van der Waals surface area contributed by atoms with Crippen molar-refractivity contribution in [1.29, 1.82) is 0 Å². The summed E-state index contributed by atoms with van der Waals surface area (Å²) in [7, 11) is 0. The van der Waals surface area contributed by atoms with Crippen LogP contribution in [-0.2, 0) is 0 Å². The zero-order valence-electron chi connectivity index (χ0n) is 18.6.